The molecule has 2 heterocycles. The van der Waals surface area contributed by atoms with Crippen molar-refractivity contribution in [3.8, 4) is 5.75 Å². The molecule has 1 atom stereocenters. The van der Waals surface area contributed by atoms with Crippen molar-refractivity contribution in [2.45, 2.75) is 39.3 Å². The molecule has 1 unspecified atom stereocenters. The predicted molar refractivity (Wildman–Crippen MR) is 112 cm³/mol. The van der Waals surface area contributed by atoms with Gasteiger partial charge in [-0.1, -0.05) is 18.2 Å². The first-order valence-corrected chi connectivity index (χ1v) is 10.2. The number of amides is 2. The molecule has 2 amide bonds. The molecule has 3 rings (SSSR count). The number of ketones is 1. The first-order chi connectivity index (χ1) is 14.4. The van der Waals surface area contributed by atoms with Gasteiger partial charge < -0.3 is 15.0 Å². The van der Waals surface area contributed by atoms with E-state index in [0.29, 0.717) is 43.8 Å². The second-order valence-electron chi connectivity index (χ2n) is 7.52. The van der Waals surface area contributed by atoms with Crippen molar-refractivity contribution in [2.24, 2.45) is 5.92 Å². The molecule has 0 bridgehead atoms. The number of likely N-dealkylation sites (tertiary alicyclic amines) is 1. The van der Waals surface area contributed by atoms with Gasteiger partial charge >= 0.3 is 0 Å². The predicted octanol–water partition coefficient (Wildman–Crippen LogP) is 2.61. The van der Waals surface area contributed by atoms with E-state index in [0.717, 1.165) is 5.56 Å². The van der Waals surface area contributed by atoms with Crippen LogP contribution in [0.4, 0.5) is 0 Å². The molecule has 1 aliphatic rings. The van der Waals surface area contributed by atoms with E-state index in [4.69, 9.17) is 4.74 Å². The fourth-order valence-corrected chi connectivity index (χ4v) is 3.50. The van der Waals surface area contributed by atoms with Crippen LogP contribution in [0.1, 0.15) is 42.6 Å². The van der Waals surface area contributed by atoms with Gasteiger partial charge in [-0.3, -0.25) is 19.4 Å². The third-order valence-corrected chi connectivity index (χ3v) is 5.27. The summed E-state index contributed by atoms with van der Waals surface area (Å²) in [6, 6.07) is 10.6. The fraction of sp³-hybridized carbons (Fsp3) is 0.391. The molecule has 0 radical (unpaired) electrons. The van der Waals surface area contributed by atoms with Gasteiger partial charge in [0.15, 0.2) is 11.9 Å². The van der Waals surface area contributed by atoms with Gasteiger partial charge in [-0.2, -0.15) is 0 Å². The zero-order chi connectivity index (χ0) is 21.5. The lowest BCUT2D eigenvalue weighted by Crippen LogP contribution is -2.47. The smallest absolute Gasteiger partial charge is 0.263 e. The number of piperidine rings is 1. The average Bonchev–Trinajstić information content (AvgIpc) is 2.78. The largest absolute Gasteiger partial charge is 0.481 e. The maximum Gasteiger partial charge on any atom is 0.263 e. The summed E-state index contributed by atoms with van der Waals surface area (Å²) in [5, 5.41) is 2.95. The van der Waals surface area contributed by atoms with E-state index in [1.807, 2.05) is 12.1 Å². The molecule has 7 heteroatoms. The Kier molecular flexibility index (Phi) is 7.17. The number of nitrogens with one attached hydrogen (secondary N) is 1. The van der Waals surface area contributed by atoms with Crippen LogP contribution in [0.2, 0.25) is 0 Å². The molecular weight excluding hydrogens is 382 g/mol. The Hall–Kier alpha value is -3.22. The molecule has 2 aromatic rings. The van der Waals surface area contributed by atoms with E-state index in [-0.39, 0.29) is 23.5 Å². The lowest BCUT2D eigenvalue weighted by Gasteiger charge is -2.33. The first-order valence-electron chi connectivity index (χ1n) is 10.2. The van der Waals surface area contributed by atoms with Crippen LogP contribution in [0.3, 0.4) is 0 Å². The molecule has 1 saturated heterocycles. The second-order valence-corrected chi connectivity index (χ2v) is 7.52. The zero-order valence-electron chi connectivity index (χ0n) is 17.3. The van der Waals surface area contributed by atoms with Gasteiger partial charge in [0, 0.05) is 43.5 Å². The van der Waals surface area contributed by atoms with E-state index >= 15 is 0 Å². The van der Waals surface area contributed by atoms with Crippen LogP contribution in [0, 0.1) is 5.92 Å². The lowest BCUT2D eigenvalue weighted by atomic mass is 9.95. The van der Waals surface area contributed by atoms with E-state index in [1.165, 1.54) is 6.92 Å². The molecule has 30 heavy (non-hydrogen) atoms. The van der Waals surface area contributed by atoms with Gasteiger partial charge in [0.05, 0.1) is 0 Å². The molecule has 1 aromatic carbocycles. The second kappa shape index (κ2) is 10.0. The van der Waals surface area contributed by atoms with Gasteiger partial charge in [0.1, 0.15) is 5.75 Å². The highest BCUT2D eigenvalue weighted by Crippen LogP contribution is 2.20. The van der Waals surface area contributed by atoms with Crippen LogP contribution >= 0.6 is 0 Å². The molecule has 158 valence electrons. The molecule has 0 aliphatic carbocycles. The molecular formula is C23H27N3O4. The highest BCUT2D eigenvalue weighted by molar-refractivity contribution is 5.94. The van der Waals surface area contributed by atoms with Crippen LogP contribution in [-0.4, -0.2) is 46.7 Å². The van der Waals surface area contributed by atoms with Crippen molar-refractivity contribution in [3.63, 3.8) is 0 Å². The van der Waals surface area contributed by atoms with Gasteiger partial charge in [-0.25, -0.2) is 0 Å². The van der Waals surface area contributed by atoms with Crippen molar-refractivity contribution in [1.29, 1.82) is 0 Å². The average molecular weight is 409 g/mol. The summed E-state index contributed by atoms with van der Waals surface area (Å²) in [4.78, 5) is 42.4. The van der Waals surface area contributed by atoms with Gasteiger partial charge in [0.25, 0.3) is 5.91 Å². The monoisotopic (exact) mass is 409 g/mol. The van der Waals surface area contributed by atoms with Gasteiger partial charge in [-0.05, 0) is 50.5 Å². The number of Topliss-reactive ketones (excluding diaryl/α,β-unsaturated/α-hetero) is 1. The Labute approximate surface area is 176 Å². The maximum absolute atomic E-state index is 12.7. The first kappa shape index (κ1) is 21.5. The normalized spacial score (nSPS) is 15.3. The van der Waals surface area contributed by atoms with Crippen LogP contribution in [0.15, 0.2) is 48.8 Å². The summed E-state index contributed by atoms with van der Waals surface area (Å²) in [5.74, 6) is 0.236. The minimum Gasteiger partial charge on any atom is -0.481 e. The van der Waals surface area contributed by atoms with Crippen LogP contribution in [0.5, 0.6) is 5.75 Å². The molecule has 1 fully saturated rings. The molecule has 0 spiro atoms. The summed E-state index contributed by atoms with van der Waals surface area (Å²) in [6.07, 6.45) is 4.01. The minimum absolute atomic E-state index is 0.0105. The van der Waals surface area contributed by atoms with Crippen molar-refractivity contribution >= 4 is 17.6 Å². The Balaban J connectivity index is 1.46. The van der Waals surface area contributed by atoms with Crippen molar-refractivity contribution in [1.82, 2.24) is 15.2 Å². The van der Waals surface area contributed by atoms with Gasteiger partial charge in [-0.15, -0.1) is 0 Å². The topological polar surface area (TPSA) is 88.6 Å². The SMILES string of the molecule is CC(=O)c1cccc(OC(C)C(=O)N2CCC(C(=O)NCc3cccnc3)CC2)c1. The van der Waals surface area contributed by atoms with Gasteiger partial charge in [0.2, 0.25) is 5.91 Å². The number of aromatic nitrogens is 1. The minimum atomic E-state index is -0.664. The number of hydrogen-bond acceptors (Lipinski definition) is 5. The molecule has 0 saturated carbocycles. The summed E-state index contributed by atoms with van der Waals surface area (Å²) >= 11 is 0. The number of benzene rings is 1. The summed E-state index contributed by atoms with van der Waals surface area (Å²) in [7, 11) is 0. The Morgan fingerprint density at radius 1 is 1.20 bits per heavy atom. The Bertz CT molecular complexity index is 892. The highest BCUT2D eigenvalue weighted by Gasteiger charge is 2.30. The van der Waals surface area contributed by atoms with Crippen molar-refractivity contribution in [3.05, 3.63) is 59.9 Å². The van der Waals surface area contributed by atoms with Crippen molar-refractivity contribution < 1.29 is 19.1 Å². The summed E-state index contributed by atoms with van der Waals surface area (Å²) in [6.45, 7) is 4.69. The number of ether oxygens (including phenoxy) is 1. The highest BCUT2D eigenvalue weighted by atomic mass is 16.5. The molecule has 1 N–H and O–H groups in total. The third-order valence-electron chi connectivity index (χ3n) is 5.27. The number of hydrogen-bond donors (Lipinski definition) is 1. The zero-order valence-corrected chi connectivity index (χ0v) is 17.3. The Morgan fingerprint density at radius 3 is 2.63 bits per heavy atom. The van der Waals surface area contributed by atoms with E-state index in [2.05, 4.69) is 10.3 Å². The lowest BCUT2D eigenvalue weighted by molar-refractivity contribution is -0.141. The fourth-order valence-electron chi connectivity index (χ4n) is 3.50. The van der Waals surface area contributed by atoms with Crippen molar-refractivity contribution in [2.75, 3.05) is 13.1 Å². The summed E-state index contributed by atoms with van der Waals surface area (Å²) in [5.41, 5.74) is 1.50. The van der Waals surface area contributed by atoms with Crippen LogP contribution in [0.25, 0.3) is 0 Å². The molecule has 7 nitrogen and oxygen atoms in total. The van der Waals surface area contributed by atoms with E-state index in [1.54, 1.807) is 48.5 Å². The quantitative estimate of drug-likeness (QED) is 0.710. The standard InChI is InChI=1S/C23H27N3O4/c1-16(27)20-6-3-7-21(13-20)30-17(2)23(29)26-11-8-19(9-12-26)22(28)25-15-18-5-4-10-24-14-18/h3-7,10,13-14,17,19H,8-9,11-12,15H2,1-2H3,(H,25,28). The van der Waals surface area contributed by atoms with E-state index < -0.39 is 6.10 Å². The van der Waals surface area contributed by atoms with E-state index in [9.17, 15) is 14.4 Å². The number of pyridine rings is 1. The summed E-state index contributed by atoms with van der Waals surface area (Å²) < 4.78 is 5.75. The van der Waals surface area contributed by atoms with Crippen LogP contribution < -0.4 is 10.1 Å². The number of rotatable bonds is 7. The number of carbonyl (C=O) groups is 3. The number of nitrogens with zero attached hydrogens (tertiary/aromatic N) is 2. The Morgan fingerprint density at radius 2 is 1.97 bits per heavy atom. The number of carbonyl (C=O) groups excluding carboxylic acids is 3. The maximum atomic E-state index is 12.7. The molecule has 1 aromatic heterocycles. The third kappa shape index (κ3) is 5.65. The molecule has 1 aliphatic heterocycles. The van der Waals surface area contributed by atoms with Crippen LogP contribution in [-0.2, 0) is 16.1 Å².